The van der Waals surface area contributed by atoms with E-state index < -0.39 is 17.5 Å². The highest BCUT2D eigenvalue weighted by atomic mass is 35.5. The second-order valence-electron chi connectivity index (χ2n) is 6.97. The lowest BCUT2D eigenvalue weighted by molar-refractivity contribution is -0.735. The molecule has 1 fully saturated rings. The standard InChI is InChI=1S/C21H18ClF2N4O3/c1-31-28(30)18-4-5-19(20-13(18)3-2-6-25-20)26-7-9-27(10-8-26)21(29)14-11-16(23)17(24)12-15(14)22/h2-6,11-12H,7-10H2,1H3/q+1. The number of nitrogens with zero attached hydrogens (tertiary/aromatic N) is 4. The molecule has 1 saturated heterocycles. The molecule has 10 heteroatoms. The van der Waals surface area contributed by atoms with Gasteiger partial charge in [0.1, 0.15) is 5.52 Å². The summed E-state index contributed by atoms with van der Waals surface area (Å²) >= 11 is 5.95. The zero-order valence-electron chi connectivity index (χ0n) is 16.5. The van der Waals surface area contributed by atoms with Gasteiger partial charge in [-0.1, -0.05) is 11.6 Å². The van der Waals surface area contributed by atoms with Crippen molar-refractivity contribution >= 4 is 39.8 Å². The molecule has 1 aliphatic heterocycles. The number of fused-ring (bicyclic) bond motifs is 1. The van der Waals surface area contributed by atoms with Crippen LogP contribution in [-0.2, 0) is 4.84 Å². The van der Waals surface area contributed by atoms with Crippen LogP contribution in [0, 0.1) is 16.5 Å². The molecule has 0 saturated carbocycles. The Bertz CT molecular complexity index is 1180. The van der Waals surface area contributed by atoms with Crippen molar-refractivity contribution in [2.45, 2.75) is 0 Å². The summed E-state index contributed by atoms with van der Waals surface area (Å²) in [5.41, 5.74) is 1.74. The third kappa shape index (κ3) is 3.88. The van der Waals surface area contributed by atoms with E-state index in [1.165, 1.54) is 7.11 Å². The fourth-order valence-corrected chi connectivity index (χ4v) is 3.89. The maximum Gasteiger partial charge on any atom is 0.326 e. The van der Waals surface area contributed by atoms with E-state index in [9.17, 15) is 18.5 Å². The number of piperazine rings is 1. The molecule has 0 spiro atoms. The highest BCUT2D eigenvalue weighted by molar-refractivity contribution is 6.33. The van der Waals surface area contributed by atoms with E-state index in [4.69, 9.17) is 16.4 Å². The molecule has 2 aromatic carbocycles. The number of aromatic nitrogens is 1. The van der Waals surface area contributed by atoms with Gasteiger partial charge in [-0.2, -0.15) is 0 Å². The Hall–Kier alpha value is -3.33. The maximum absolute atomic E-state index is 13.6. The average molecular weight is 448 g/mol. The van der Waals surface area contributed by atoms with Crippen LogP contribution in [0.2, 0.25) is 5.02 Å². The molecule has 0 bridgehead atoms. The second kappa shape index (κ2) is 8.43. The Labute approximate surface area is 181 Å². The number of hydrogen-bond acceptors (Lipinski definition) is 5. The molecule has 0 radical (unpaired) electrons. The van der Waals surface area contributed by atoms with Crippen molar-refractivity contribution in [1.29, 1.82) is 0 Å². The predicted octanol–water partition coefficient (Wildman–Crippen LogP) is 4.10. The van der Waals surface area contributed by atoms with Crippen LogP contribution in [0.1, 0.15) is 10.4 Å². The van der Waals surface area contributed by atoms with E-state index in [2.05, 4.69) is 9.88 Å². The van der Waals surface area contributed by atoms with Crippen molar-refractivity contribution in [3.63, 3.8) is 0 Å². The molecule has 0 unspecified atom stereocenters. The summed E-state index contributed by atoms with van der Waals surface area (Å²) in [7, 11) is 1.29. The number of anilines is 1. The fraction of sp³-hybridized carbons (Fsp3) is 0.238. The quantitative estimate of drug-likeness (QED) is 0.445. The minimum absolute atomic E-state index is 0.0689. The Kier molecular flexibility index (Phi) is 5.69. The molecular weight excluding hydrogens is 430 g/mol. The van der Waals surface area contributed by atoms with E-state index in [-0.39, 0.29) is 10.6 Å². The first-order valence-corrected chi connectivity index (χ1v) is 9.86. The van der Waals surface area contributed by atoms with Gasteiger partial charge < -0.3 is 9.80 Å². The molecule has 0 aliphatic carbocycles. The van der Waals surface area contributed by atoms with Gasteiger partial charge in [-0.25, -0.2) is 13.6 Å². The summed E-state index contributed by atoms with van der Waals surface area (Å²) in [6.45, 7) is 1.69. The van der Waals surface area contributed by atoms with Crippen LogP contribution in [0.15, 0.2) is 42.6 Å². The lowest BCUT2D eigenvalue weighted by Crippen LogP contribution is -2.49. The molecule has 0 atom stereocenters. The van der Waals surface area contributed by atoms with Gasteiger partial charge in [0.15, 0.2) is 18.7 Å². The van der Waals surface area contributed by atoms with Crippen molar-refractivity contribution in [2.24, 2.45) is 0 Å². The van der Waals surface area contributed by atoms with Gasteiger partial charge in [-0.3, -0.25) is 9.78 Å². The molecule has 160 valence electrons. The minimum atomic E-state index is -1.12. The van der Waals surface area contributed by atoms with Crippen LogP contribution < -0.4 is 4.90 Å². The average Bonchev–Trinajstić information content (AvgIpc) is 2.80. The van der Waals surface area contributed by atoms with Gasteiger partial charge >= 0.3 is 5.69 Å². The monoisotopic (exact) mass is 447 g/mol. The first kappa shape index (κ1) is 20.9. The Balaban J connectivity index is 1.56. The van der Waals surface area contributed by atoms with Crippen molar-refractivity contribution in [1.82, 2.24) is 9.88 Å². The van der Waals surface area contributed by atoms with Gasteiger partial charge in [0.25, 0.3) is 10.8 Å². The summed E-state index contributed by atoms with van der Waals surface area (Å²) in [5.74, 6) is -2.67. The highest BCUT2D eigenvalue weighted by Crippen LogP contribution is 2.33. The van der Waals surface area contributed by atoms with E-state index in [1.54, 1.807) is 35.4 Å². The molecule has 4 rings (SSSR count). The minimum Gasteiger partial charge on any atom is -0.366 e. The third-order valence-electron chi connectivity index (χ3n) is 5.24. The van der Waals surface area contributed by atoms with Gasteiger partial charge in [0, 0.05) is 38.4 Å². The van der Waals surface area contributed by atoms with Gasteiger partial charge in [-0.05, 0) is 30.3 Å². The van der Waals surface area contributed by atoms with E-state index in [0.717, 1.165) is 17.8 Å². The SMILES string of the molecule is CO[N+](=O)c1ccc(N2CCN(C(=O)c3cc(F)c(F)cc3Cl)CC2)c2ncccc12. The fourth-order valence-electron chi connectivity index (χ4n) is 3.66. The number of amides is 1. The van der Waals surface area contributed by atoms with Crippen LogP contribution >= 0.6 is 11.6 Å². The van der Waals surface area contributed by atoms with Gasteiger partial charge in [-0.15, -0.1) is 0 Å². The first-order valence-electron chi connectivity index (χ1n) is 9.48. The third-order valence-corrected chi connectivity index (χ3v) is 5.55. The molecule has 7 nitrogen and oxygen atoms in total. The highest BCUT2D eigenvalue weighted by Gasteiger charge is 2.28. The van der Waals surface area contributed by atoms with Crippen molar-refractivity contribution < 1.29 is 23.3 Å². The smallest absolute Gasteiger partial charge is 0.326 e. The molecule has 3 aromatic rings. The van der Waals surface area contributed by atoms with Crippen LogP contribution in [-0.4, -0.2) is 54.0 Å². The van der Waals surface area contributed by atoms with Gasteiger partial charge in [0.2, 0.25) is 0 Å². The van der Waals surface area contributed by atoms with Crippen LogP contribution in [0.5, 0.6) is 0 Å². The first-order chi connectivity index (χ1) is 14.9. The number of pyridine rings is 1. The van der Waals surface area contributed by atoms with Crippen molar-refractivity contribution in [3.05, 3.63) is 69.7 Å². The van der Waals surface area contributed by atoms with Crippen LogP contribution in [0.3, 0.4) is 0 Å². The van der Waals surface area contributed by atoms with Crippen molar-refractivity contribution in [2.75, 3.05) is 38.2 Å². The molecular formula is C21H18ClF2N4O3+. The largest absolute Gasteiger partial charge is 0.366 e. The number of benzene rings is 2. The molecule has 1 aliphatic rings. The summed E-state index contributed by atoms with van der Waals surface area (Å²) < 4.78 is 26.9. The Morgan fingerprint density at radius 2 is 1.84 bits per heavy atom. The number of carbonyl (C=O) groups excluding carboxylic acids is 1. The lowest BCUT2D eigenvalue weighted by atomic mass is 10.1. The second-order valence-corrected chi connectivity index (χ2v) is 7.38. The molecule has 0 N–H and O–H groups in total. The lowest BCUT2D eigenvalue weighted by Gasteiger charge is -2.36. The van der Waals surface area contributed by atoms with E-state index in [1.807, 2.05) is 0 Å². The number of carbonyl (C=O) groups is 1. The number of rotatable bonds is 4. The topological polar surface area (TPSA) is 65.8 Å². The molecule has 31 heavy (non-hydrogen) atoms. The summed E-state index contributed by atoms with van der Waals surface area (Å²) in [6, 6.07) is 8.61. The zero-order chi connectivity index (χ0) is 22.1. The Morgan fingerprint density at radius 3 is 2.55 bits per heavy atom. The van der Waals surface area contributed by atoms with E-state index in [0.29, 0.717) is 47.7 Å². The zero-order valence-corrected chi connectivity index (χ0v) is 17.3. The van der Waals surface area contributed by atoms with Crippen LogP contribution in [0.25, 0.3) is 10.9 Å². The van der Waals surface area contributed by atoms with Crippen LogP contribution in [0.4, 0.5) is 20.2 Å². The predicted molar refractivity (Wildman–Crippen MR) is 112 cm³/mol. The Morgan fingerprint density at radius 1 is 1.13 bits per heavy atom. The summed E-state index contributed by atoms with van der Waals surface area (Å²) in [5, 5.41) is 0.515. The molecule has 1 amide bonds. The number of halogens is 3. The van der Waals surface area contributed by atoms with E-state index >= 15 is 0 Å². The van der Waals surface area contributed by atoms with Crippen molar-refractivity contribution in [3.8, 4) is 0 Å². The molecule has 2 heterocycles. The number of hydrogen-bond donors (Lipinski definition) is 0. The summed E-state index contributed by atoms with van der Waals surface area (Å²) in [4.78, 5) is 38.0. The molecule has 1 aromatic heterocycles. The maximum atomic E-state index is 13.6. The van der Waals surface area contributed by atoms with Gasteiger partial charge in [0.05, 0.1) is 26.6 Å². The summed E-state index contributed by atoms with van der Waals surface area (Å²) in [6.07, 6.45) is 1.64. The normalized spacial score (nSPS) is 14.1.